The molecule has 1 rings (SSSR count). The Morgan fingerprint density at radius 2 is 2.31 bits per heavy atom. The van der Waals surface area contributed by atoms with E-state index < -0.39 is 5.82 Å². The van der Waals surface area contributed by atoms with E-state index in [0.29, 0.717) is 17.7 Å². The highest BCUT2D eigenvalue weighted by atomic mass is 79.9. The molecule has 13 heavy (non-hydrogen) atoms. The van der Waals surface area contributed by atoms with E-state index in [1.54, 1.807) is 7.11 Å². The van der Waals surface area contributed by atoms with Gasteiger partial charge in [-0.2, -0.15) is 0 Å². The van der Waals surface area contributed by atoms with Crippen molar-refractivity contribution < 1.29 is 13.9 Å². The molecule has 0 aliphatic rings. The molecule has 71 valence electrons. The zero-order valence-electron chi connectivity index (χ0n) is 7.14. The third-order valence-electron chi connectivity index (χ3n) is 1.38. The van der Waals surface area contributed by atoms with Crippen molar-refractivity contribution >= 4 is 15.9 Å². The fourth-order valence-electron chi connectivity index (χ4n) is 0.773. The van der Waals surface area contributed by atoms with Crippen molar-refractivity contribution in [3.63, 3.8) is 0 Å². The van der Waals surface area contributed by atoms with Crippen LogP contribution in [0.2, 0.25) is 0 Å². The van der Waals surface area contributed by atoms with Gasteiger partial charge in [0.25, 0.3) is 0 Å². The Morgan fingerprint density at radius 3 is 2.92 bits per heavy atom. The van der Waals surface area contributed by atoms with Gasteiger partial charge < -0.3 is 9.47 Å². The van der Waals surface area contributed by atoms with Crippen LogP contribution in [0.25, 0.3) is 0 Å². The van der Waals surface area contributed by atoms with Gasteiger partial charge in [0.1, 0.15) is 6.61 Å². The Hall–Kier alpha value is -0.610. The molecular weight excluding hydrogens is 239 g/mol. The Morgan fingerprint density at radius 1 is 1.54 bits per heavy atom. The second kappa shape index (κ2) is 5.19. The third kappa shape index (κ3) is 3.32. The molecule has 0 aliphatic carbocycles. The molecule has 0 aliphatic heterocycles. The summed E-state index contributed by atoms with van der Waals surface area (Å²) in [5.74, 6) is -0.207. The number of benzene rings is 1. The second-order valence-corrected chi connectivity index (χ2v) is 3.19. The number of methoxy groups -OCH3 is 1. The zero-order chi connectivity index (χ0) is 9.68. The zero-order valence-corrected chi connectivity index (χ0v) is 8.73. The summed E-state index contributed by atoms with van der Waals surface area (Å²) in [5.41, 5.74) is 0. The van der Waals surface area contributed by atoms with E-state index in [0.717, 1.165) is 0 Å². The molecule has 1 aromatic rings. The summed E-state index contributed by atoms with van der Waals surface area (Å²) >= 11 is 3.10. The normalized spacial score (nSPS) is 10.1. The largest absolute Gasteiger partial charge is 0.488 e. The molecule has 0 N–H and O–H groups in total. The van der Waals surface area contributed by atoms with Gasteiger partial charge in [-0.05, 0) is 12.1 Å². The lowest BCUT2D eigenvalue weighted by atomic mass is 10.3. The van der Waals surface area contributed by atoms with Gasteiger partial charge in [-0.1, -0.05) is 15.9 Å². The monoisotopic (exact) mass is 247 g/mol. The number of hydrogen-bond acceptors (Lipinski definition) is 2. The molecule has 0 bridgehead atoms. The predicted octanol–water partition coefficient (Wildman–Crippen LogP) is 2.41. The van der Waals surface area contributed by atoms with Crippen molar-refractivity contribution in [1.29, 1.82) is 0 Å². The van der Waals surface area contributed by atoms with Gasteiger partial charge in [-0.15, -0.1) is 0 Å². The molecule has 4 heteroatoms. The molecular formula is C9H9BrFO2. The van der Waals surface area contributed by atoms with E-state index in [-0.39, 0.29) is 5.75 Å². The topological polar surface area (TPSA) is 18.5 Å². The minimum atomic E-state index is -0.401. The van der Waals surface area contributed by atoms with Crippen molar-refractivity contribution in [3.05, 3.63) is 28.5 Å². The van der Waals surface area contributed by atoms with Gasteiger partial charge in [0.05, 0.1) is 6.61 Å². The highest BCUT2D eigenvalue weighted by Crippen LogP contribution is 2.20. The van der Waals surface area contributed by atoms with Gasteiger partial charge in [0.15, 0.2) is 11.6 Å². The summed E-state index contributed by atoms with van der Waals surface area (Å²) in [7, 11) is 1.56. The lowest BCUT2D eigenvalue weighted by Gasteiger charge is -2.05. The molecule has 0 aromatic heterocycles. The quantitative estimate of drug-likeness (QED) is 0.762. The molecule has 0 saturated heterocycles. The summed E-state index contributed by atoms with van der Waals surface area (Å²) in [5, 5.41) is 0. The summed E-state index contributed by atoms with van der Waals surface area (Å²) in [4.78, 5) is 0. The fraction of sp³-hybridized carbons (Fsp3) is 0.333. The Balaban J connectivity index is 2.56. The molecule has 0 amide bonds. The predicted molar refractivity (Wildman–Crippen MR) is 50.3 cm³/mol. The van der Waals surface area contributed by atoms with Crippen LogP contribution in [0.3, 0.4) is 0 Å². The van der Waals surface area contributed by atoms with Gasteiger partial charge in [-0.3, -0.25) is 0 Å². The molecule has 0 spiro atoms. The first-order valence-electron chi connectivity index (χ1n) is 3.72. The fourth-order valence-corrected chi connectivity index (χ4v) is 1.09. The summed E-state index contributed by atoms with van der Waals surface area (Å²) < 4.78 is 23.5. The molecule has 1 aromatic carbocycles. The minimum Gasteiger partial charge on any atom is -0.488 e. The Labute approximate surface area is 84.8 Å². The van der Waals surface area contributed by atoms with Crippen molar-refractivity contribution in [2.45, 2.75) is 0 Å². The maximum absolute atomic E-state index is 13.1. The van der Waals surface area contributed by atoms with E-state index in [2.05, 4.69) is 22.0 Å². The van der Waals surface area contributed by atoms with Crippen LogP contribution >= 0.6 is 15.9 Å². The van der Waals surface area contributed by atoms with E-state index >= 15 is 0 Å². The van der Waals surface area contributed by atoms with Crippen LogP contribution in [-0.2, 0) is 4.74 Å². The lowest BCUT2D eigenvalue weighted by molar-refractivity contribution is 0.144. The first kappa shape index (κ1) is 10.5. The van der Waals surface area contributed by atoms with Crippen molar-refractivity contribution in [2.75, 3.05) is 20.3 Å². The summed E-state index contributed by atoms with van der Waals surface area (Å²) in [6.07, 6.45) is 0. The van der Waals surface area contributed by atoms with E-state index in [1.165, 1.54) is 12.1 Å². The van der Waals surface area contributed by atoms with Crippen LogP contribution in [0.1, 0.15) is 0 Å². The van der Waals surface area contributed by atoms with Crippen LogP contribution in [-0.4, -0.2) is 20.3 Å². The Kier molecular flexibility index (Phi) is 4.18. The number of rotatable bonds is 4. The average Bonchev–Trinajstić information content (AvgIpc) is 2.09. The highest BCUT2D eigenvalue weighted by Gasteiger charge is 2.02. The average molecular weight is 248 g/mol. The molecule has 1 radical (unpaired) electrons. The van der Waals surface area contributed by atoms with Crippen molar-refractivity contribution in [3.8, 4) is 5.75 Å². The first-order chi connectivity index (χ1) is 6.24. The van der Waals surface area contributed by atoms with Crippen molar-refractivity contribution in [2.24, 2.45) is 0 Å². The third-order valence-corrected chi connectivity index (χ3v) is 1.83. The van der Waals surface area contributed by atoms with Crippen LogP contribution in [0.5, 0.6) is 5.75 Å². The first-order valence-corrected chi connectivity index (χ1v) is 4.52. The SMILES string of the molecule is COCCOc1c[c]c(Br)cc1F. The maximum Gasteiger partial charge on any atom is 0.166 e. The summed E-state index contributed by atoms with van der Waals surface area (Å²) in [6, 6.07) is 5.54. The molecule has 0 atom stereocenters. The van der Waals surface area contributed by atoms with E-state index in [4.69, 9.17) is 9.47 Å². The van der Waals surface area contributed by atoms with Gasteiger partial charge in [-0.25, -0.2) is 4.39 Å². The highest BCUT2D eigenvalue weighted by molar-refractivity contribution is 9.10. The lowest BCUT2D eigenvalue weighted by Crippen LogP contribution is -2.05. The minimum absolute atomic E-state index is 0.195. The van der Waals surface area contributed by atoms with E-state index in [9.17, 15) is 4.39 Å². The van der Waals surface area contributed by atoms with Crippen LogP contribution in [0, 0.1) is 11.9 Å². The standard InChI is InChI=1S/C9H9BrFO2/c1-12-4-5-13-9-3-2-7(10)6-8(9)11/h3,6H,4-5H2,1H3. The van der Waals surface area contributed by atoms with E-state index in [1.807, 2.05) is 0 Å². The van der Waals surface area contributed by atoms with Crippen LogP contribution in [0.15, 0.2) is 16.6 Å². The summed E-state index contributed by atoms with van der Waals surface area (Å²) in [6.45, 7) is 0.776. The van der Waals surface area contributed by atoms with Crippen molar-refractivity contribution in [1.82, 2.24) is 0 Å². The maximum atomic E-state index is 13.1. The molecule has 2 nitrogen and oxygen atoms in total. The second-order valence-electron chi connectivity index (χ2n) is 2.33. The molecule has 0 fully saturated rings. The number of halogens is 2. The number of ether oxygens (including phenoxy) is 2. The van der Waals surface area contributed by atoms with Crippen LogP contribution in [0.4, 0.5) is 4.39 Å². The van der Waals surface area contributed by atoms with Gasteiger partial charge >= 0.3 is 0 Å². The molecule has 0 heterocycles. The smallest absolute Gasteiger partial charge is 0.166 e. The Bertz CT molecular complexity index is 278. The van der Waals surface area contributed by atoms with Gasteiger partial charge in [0.2, 0.25) is 0 Å². The number of hydrogen-bond donors (Lipinski definition) is 0. The van der Waals surface area contributed by atoms with Gasteiger partial charge in [0, 0.05) is 17.6 Å². The van der Waals surface area contributed by atoms with Crippen LogP contribution < -0.4 is 4.74 Å². The molecule has 0 unspecified atom stereocenters. The molecule has 0 saturated carbocycles.